The van der Waals surface area contributed by atoms with E-state index in [9.17, 15) is 0 Å². The number of nitrogens with zero attached hydrogens (tertiary/aromatic N) is 3. The average Bonchev–Trinajstić information content (AvgIpc) is 2.68. The van der Waals surface area contributed by atoms with Gasteiger partial charge in [0.15, 0.2) is 0 Å². The van der Waals surface area contributed by atoms with E-state index in [0.29, 0.717) is 0 Å². The van der Waals surface area contributed by atoms with Crippen molar-refractivity contribution in [3.05, 3.63) is 12.2 Å². The predicted molar refractivity (Wildman–Crippen MR) is 59.6 cm³/mol. The Morgan fingerprint density at radius 1 is 1.60 bits per heavy atom. The van der Waals surface area contributed by atoms with Gasteiger partial charge in [-0.15, -0.1) is 0 Å². The van der Waals surface area contributed by atoms with Crippen molar-refractivity contribution in [2.45, 2.75) is 39.2 Å². The Balaban J connectivity index is 1.93. The number of nitrogens with one attached hydrogen (secondary N) is 1. The maximum atomic E-state index is 4.35. The summed E-state index contributed by atoms with van der Waals surface area (Å²) in [4.78, 5) is 4.35. The first-order chi connectivity index (χ1) is 7.40. The summed E-state index contributed by atoms with van der Waals surface area (Å²) in [5.74, 6) is 1.91. The minimum absolute atomic E-state index is 0.749. The van der Waals surface area contributed by atoms with E-state index in [1.165, 1.54) is 19.4 Å². The van der Waals surface area contributed by atoms with Crippen LogP contribution in [-0.4, -0.2) is 27.9 Å². The highest BCUT2D eigenvalue weighted by Crippen LogP contribution is 2.14. The summed E-state index contributed by atoms with van der Waals surface area (Å²) in [6.45, 7) is 5.49. The maximum absolute atomic E-state index is 4.35. The fourth-order valence-corrected chi connectivity index (χ4v) is 2.20. The lowest BCUT2D eigenvalue weighted by Gasteiger charge is -2.22. The van der Waals surface area contributed by atoms with E-state index in [4.69, 9.17) is 0 Å². The Morgan fingerprint density at radius 2 is 2.53 bits per heavy atom. The number of aryl methyl sites for hydroxylation is 1. The van der Waals surface area contributed by atoms with Crippen LogP contribution in [0.1, 0.15) is 32.0 Å². The highest BCUT2D eigenvalue weighted by atomic mass is 15.3. The fraction of sp³-hybridized carbons (Fsp3) is 0.818. The molecule has 1 aliphatic rings. The van der Waals surface area contributed by atoms with Gasteiger partial charge in [0.1, 0.15) is 12.2 Å². The minimum atomic E-state index is 0.749. The van der Waals surface area contributed by atoms with Gasteiger partial charge in [-0.3, -0.25) is 4.68 Å². The monoisotopic (exact) mass is 208 g/mol. The molecule has 0 saturated carbocycles. The van der Waals surface area contributed by atoms with Crippen LogP contribution >= 0.6 is 0 Å². The third kappa shape index (κ3) is 2.78. The van der Waals surface area contributed by atoms with Crippen molar-refractivity contribution in [1.29, 1.82) is 0 Å². The molecule has 0 spiro atoms. The summed E-state index contributed by atoms with van der Waals surface area (Å²) < 4.78 is 2.05. The Morgan fingerprint density at radius 3 is 3.27 bits per heavy atom. The molecule has 2 heterocycles. The van der Waals surface area contributed by atoms with Crippen LogP contribution in [0.3, 0.4) is 0 Å². The zero-order valence-corrected chi connectivity index (χ0v) is 9.45. The molecule has 84 valence electrons. The van der Waals surface area contributed by atoms with Gasteiger partial charge < -0.3 is 5.32 Å². The molecule has 1 aromatic heterocycles. The summed E-state index contributed by atoms with van der Waals surface area (Å²) in [5.41, 5.74) is 0. The quantitative estimate of drug-likeness (QED) is 0.809. The fourth-order valence-electron chi connectivity index (χ4n) is 2.20. The van der Waals surface area contributed by atoms with Crippen LogP contribution in [0.4, 0.5) is 0 Å². The van der Waals surface area contributed by atoms with E-state index in [0.717, 1.165) is 37.7 Å². The number of rotatable bonds is 4. The van der Waals surface area contributed by atoms with Gasteiger partial charge in [-0.1, -0.05) is 6.92 Å². The van der Waals surface area contributed by atoms with Gasteiger partial charge in [0.05, 0.1) is 0 Å². The van der Waals surface area contributed by atoms with Crippen molar-refractivity contribution >= 4 is 0 Å². The molecule has 0 aromatic carbocycles. The highest BCUT2D eigenvalue weighted by molar-refractivity contribution is 4.89. The largest absolute Gasteiger partial charge is 0.316 e. The van der Waals surface area contributed by atoms with Crippen molar-refractivity contribution < 1.29 is 0 Å². The van der Waals surface area contributed by atoms with Crippen molar-refractivity contribution in [2.75, 3.05) is 13.1 Å². The van der Waals surface area contributed by atoms with Crippen LogP contribution in [0.25, 0.3) is 0 Å². The van der Waals surface area contributed by atoms with Gasteiger partial charge in [-0.2, -0.15) is 5.10 Å². The van der Waals surface area contributed by atoms with Crippen LogP contribution in [-0.2, 0) is 13.0 Å². The number of aromatic nitrogens is 3. The van der Waals surface area contributed by atoms with E-state index in [-0.39, 0.29) is 0 Å². The zero-order chi connectivity index (χ0) is 10.5. The summed E-state index contributed by atoms with van der Waals surface area (Å²) in [7, 11) is 0. The smallest absolute Gasteiger partial charge is 0.138 e. The number of piperidine rings is 1. The Kier molecular flexibility index (Phi) is 3.72. The molecule has 1 fully saturated rings. The highest BCUT2D eigenvalue weighted by Gasteiger charge is 2.16. The Hall–Kier alpha value is -0.900. The molecule has 1 aromatic rings. The van der Waals surface area contributed by atoms with Crippen molar-refractivity contribution in [1.82, 2.24) is 20.1 Å². The topological polar surface area (TPSA) is 42.7 Å². The molecular formula is C11H20N4. The molecule has 0 bridgehead atoms. The summed E-state index contributed by atoms with van der Waals surface area (Å²) in [5, 5.41) is 7.70. The molecule has 4 heteroatoms. The van der Waals surface area contributed by atoms with Gasteiger partial charge in [0.2, 0.25) is 0 Å². The first kappa shape index (κ1) is 10.6. The van der Waals surface area contributed by atoms with Crippen LogP contribution in [0.15, 0.2) is 6.33 Å². The van der Waals surface area contributed by atoms with Gasteiger partial charge in [-0.25, -0.2) is 4.98 Å². The van der Waals surface area contributed by atoms with E-state index in [2.05, 4.69) is 27.0 Å². The molecule has 0 aliphatic carbocycles. The predicted octanol–water partition coefficient (Wildman–Crippen LogP) is 1.23. The van der Waals surface area contributed by atoms with Gasteiger partial charge in [0, 0.05) is 13.0 Å². The molecule has 0 amide bonds. The van der Waals surface area contributed by atoms with Crippen LogP contribution in [0.5, 0.6) is 0 Å². The molecular weight excluding hydrogens is 188 g/mol. The van der Waals surface area contributed by atoms with E-state index >= 15 is 0 Å². The number of hydrogen-bond donors (Lipinski definition) is 1. The second-order valence-corrected chi connectivity index (χ2v) is 4.32. The first-order valence-corrected chi connectivity index (χ1v) is 5.97. The lowest BCUT2D eigenvalue weighted by atomic mass is 9.96. The van der Waals surface area contributed by atoms with Gasteiger partial charge in [0.25, 0.3) is 0 Å². The zero-order valence-electron chi connectivity index (χ0n) is 9.45. The molecule has 1 N–H and O–H groups in total. The molecule has 1 unspecified atom stereocenters. The van der Waals surface area contributed by atoms with Gasteiger partial charge >= 0.3 is 0 Å². The van der Waals surface area contributed by atoms with Crippen molar-refractivity contribution in [3.8, 4) is 0 Å². The van der Waals surface area contributed by atoms with Gasteiger partial charge in [-0.05, 0) is 38.3 Å². The van der Waals surface area contributed by atoms with E-state index in [1.807, 2.05) is 0 Å². The summed E-state index contributed by atoms with van der Waals surface area (Å²) in [6.07, 6.45) is 6.51. The minimum Gasteiger partial charge on any atom is -0.316 e. The average molecular weight is 208 g/mol. The lowest BCUT2D eigenvalue weighted by molar-refractivity contribution is 0.363. The second-order valence-electron chi connectivity index (χ2n) is 4.32. The molecule has 0 radical (unpaired) electrons. The lowest BCUT2D eigenvalue weighted by Crippen LogP contribution is -2.31. The normalized spacial score (nSPS) is 21.8. The Bertz CT molecular complexity index is 289. The second kappa shape index (κ2) is 5.26. The third-order valence-corrected chi connectivity index (χ3v) is 3.00. The third-order valence-electron chi connectivity index (χ3n) is 3.00. The van der Waals surface area contributed by atoms with E-state index in [1.54, 1.807) is 6.33 Å². The van der Waals surface area contributed by atoms with Crippen LogP contribution < -0.4 is 5.32 Å². The SMILES string of the molecule is CCCn1ncnc1CC1CCCNC1. The molecule has 1 saturated heterocycles. The first-order valence-electron chi connectivity index (χ1n) is 5.97. The summed E-state index contributed by atoms with van der Waals surface area (Å²) in [6, 6.07) is 0. The standard InChI is InChI=1S/C11H20N4/c1-2-6-15-11(13-9-14-15)7-10-4-3-5-12-8-10/h9-10,12H,2-8H2,1H3. The molecule has 15 heavy (non-hydrogen) atoms. The number of hydrogen-bond acceptors (Lipinski definition) is 3. The van der Waals surface area contributed by atoms with Crippen molar-refractivity contribution in [2.24, 2.45) is 5.92 Å². The Labute approximate surface area is 91.1 Å². The van der Waals surface area contributed by atoms with E-state index < -0.39 is 0 Å². The summed E-state index contributed by atoms with van der Waals surface area (Å²) >= 11 is 0. The molecule has 2 rings (SSSR count). The molecule has 1 atom stereocenters. The maximum Gasteiger partial charge on any atom is 0.138 e. The molecule has 1 aliphatic heterocycles. The molecule has 4 nitrogen and oxygen atoms in total. The van der Waals surface area contributed by atoms with Crippen molar-refractivity contribution in [3.63, 3.8) is 0 Å². The van der Waals surface area contributed by atoms with Crippen LogP contribution in [0.2, 0.25) is 0 Å². The van der Waals surface area contributed by atoms with Crippen LogP contribution in [0, 0.1) is 5.92 Å².